The zero-order chi connectivity index (χ0) is 18.7. The molecule has 3 heterocycles. The molecule has 0 saturated carbocycles. The number of hydrogen-bond donors (Lipinski definition) is 0. The van der Waals surface area contributed by atoms with Gasteiger partial charge in [-0.25, -0.2) is 18.4 Å². The summed E-state index contributed by atoms with van der Waals surface area (Å²) in [5, 5.41) is 2.48. The SMILES string of the molecule is CCSc1ncc(Br)c(C(=O)N(Cc2cccs2)[C@@H]2CCS(=O)(=O)C2)n1. The Bertz CT molecular complexity index is 887. The molecule has 1 aliphatic heterocycles. The van der Waals surface area contributed by atoms with Crippen molar-refractivity contribution in [3.8, 4) is 0 Å². The van der Waals surface area contributed by atoms with Gasteiger partial charge in [0.1, 0.15) is 5.69 Å². The fourth-order valence-electron chi connectivity index (χ4n) is 2.79. The maximum Gasteiger partial charge on any atom is 0.274 e. The first kappa shape index (κ1) is 19.8. The lowest BCUT2D eigenvalue weighted by molar-refractivity contribution is 0.0674. The van der Waals surface area contributed by atoms with Crippen LogP contribution < -0.4 is 0 Å². The number of rotatable bonds is 6. The Labute approximate surface area is 169 Å². The van der Waals surface area contributed by atoms with Gasteiger partial charge < -0.3 is 4.90 Å². The summed E-state index contributed by atoms with van der Waals surface area (Å²) in [4.78, 5) is 24.5. The molecule has 1 atom stereocenters. The maximum atomic E-state index is 13.3. The number of nitrogens with zero attached hydrogens (tertiary/aromatic N) is 3. The minimum atomic E-state index is -3.10. The minimum absolute atomic E-state index is 0.00336. The second-order valence-electron chi connectivity index (χ2n) is 5.85. The fourth-order valence-corrected chi connectivity index (χ4v) is 6.13. The lowest BCUT2D eigenvalue weighted by Crippen LogP contribution is -2.41. The predicted octanol–water partition coefficient (Wildman–Crippen LogP) is 3.24. The van der Waals surface area contributed by atoms with Gasteiger partial charge in [0.2, 0.25) is 0 Å². The van der Waals surface area contributed by atoms with Crippen LogP contribution in [0.25, 0.3) is 0 Å². The second-order valence-corrected chi connectivity index (χ2v) is 11.2. The van der Waals surface area contributed by atoms with E-state index in [1.807, 2.05) is 24.4 Å². The lowest BCUT2D eigenvalue weighted by atomic mass is 10.2. The van der Waals surface area contributed by atoms with E-state index in [0.29, 0.717) is 22.6 Å². The van der Waals surface area contributed by atoms with Crippen LogP contribution >= 0.6 is 39.0 Å². The number of hydrogen-bond acceptors (Lipinski definition) is 7. The summed E-state index contributed by atoms with van der Waals surface area (Å²) >= 11 is 6.37. The normalized spacial score (nSPS) is 18.8. The summed E-state index contributed by atoms with van der Waals surface area (Å²) in [6.07, 6.45) is 2.03. The molecular formula is C16H18BrN3O3S3. The van der Waals surface area contributed by atoms with Crippen molar-refractivity contribution in [2.75, 3.05) is 17.3 Å². The van der Waals surface area contributed by atoms with Crippen LogP contribution in [0.2, 0.25) is 0 Å². The average Bonchev–Trinajstić information content (AvgIpc) is 3.23. The maximum absolute atomic E-state index is 13.3. The molecule has 2 aromatic heterocycles. The van der Waals surface area contributed by atoms with Crippen LogP contribution in [0.5, 0.6) is 0 Å². The highest BCUT2D eigenvalue weighted by molar-refractivity contribution is 9.10. The third-order valence-electron chi connectivity index (χ3n) is 4.01. The number of amides is 1. The van der Waals surface area contributed by atoms with E-state index in [-0.39, 0.29) is 29.1 Å². The van der Waals surface area contributed by atoms with E-state index in [4.69, 9.17) is 0 Å². The Hall–Kier alpha value is -0.970. The first-order chi connectivity index (χ1) is 12.4. The van der Waals surface area contributed by atoms with E-state index in [2.05, 4.69) is 25.9 Å². The second kappa shape index (κ2) is 8.37. The highest BCUT2D eigenvalue weighted by Crippen LogP contribution is 2.26. The number of carbonyl (C=O) groups is 1. The van der Waals surface area contributed by atoms with Gasteiger partial charge in [0, 0.05) is 17.1 Å². The summed E-state index contributed by atoms with van der Waals surface area (Å²) in [6.45, 7) is 2.37. The van der Waals surface area contributed by atoms with Crippen LogP contribution in [-0.4, -0.2) is 52.5 Å². The van der Waals surface area contributed by atoms with Crippen molar-refractivity contribution >= 4 is 54.8 Å². The van der Waals surface area contributed by atoms with Gasteiger partial charge in [0.25, 0.3) is 5.91 Å². The largest absolute Gasteiger partial charge is 0.328 e. The quantitative estimate of drug-likeness (QED) is 0.471. The Morgan fingerprint density at radius 2 is 2.31 bits per heavy atom. The Morgan fingerprint density at radius 1 is 1.50 bits per heavy atom. The number of sulfone groups is 1. The van der Waals surface area contributed by atoms with Gasteiger partial charge in [-0.1, -0.05) is 24.8 Å². The molecule has 10 heteroatoms. The van der Waals surface area contributed by atoms with Gasteiger partial charge in [-0.2, -0.15) is 0 Å². The van der Waals surface area contributed by atoms with Crippen molar-refractivity contribution in [1.29, 1.82) is 0 Å². The Kier molecular flexibility index (Phi) is 6.37. The minimum Gasteiger partial charge on any atom is -0.328 e. The van der Waals surface area contributed by atoms with E-state index >= 15 is 0 Å². The van der Waals surface area contributed by atoms with Crippen molar-refractivity contribution in [2.24, 2.45) is 0 Å². The standard InChI is InChI=1S/C16H18BrN3O3S3/c1-2-24-16-18-8-13(17)14(19-16)15(21)20(9-12-4-3-6-25-12)11-5-7-26(22,23)10-11/h3-4,6,8,11H,2,5,7,9-10H2,1H3/t11-/m1/s1. The first-order valence-electron chi connectivity index (χ1n) is 8.08. The summed E-state index contributed by atoms with van der Waals surface area (Å²) in [6, 6.07) is 3.53. The van der Waals surface area contributed by atoms with E-state index in [1.54, 1.807) is 22.4 Å². The summed E-state index contributed by atoms with van der Waals surface area (Å²) in [5.41, 5.74) is 0.275. The van der Waals surface area contributed by atoms with Gasteiger partial charge in [-0.05, 0) is 39.6 Å². The molecule has 6 nitrogen and oxygen atoms in total. The summed E-state index contributed by atoms with van der Waals surface area (Å²) < 4.78 is 24.4. The molecule has 0 spiro atoms. The molecule has 0 N–H and O–H groups in total. The lowest BCUT2D eigenvalue weighted by Gasteiger charge is -2.28. The zero-order valence-electron chi connectivity index (χ0n) is 14.1. The smallest absolute Gasteiger partial charge is 0.274 e. The van der Waals surface area contributed by atoms with Crippen molar-refractivity contribution in [2.45, 2.75) is 31.1 Å². The molecule has 0 unspecified atom stereocenters. The van der Waals surface area contributed by atoms with Crippen molar-refractivity contribution in [1.82, 2.24) is 14.9 Å². The predicted molar refractivity (Wildman–Crippen MR) is 107 cm³/mol. The molecule has 26 heavy (non-hydrogen) atoms. The Morgan fingerprint density at radius 3 is 2.92 bits per heavy atom. The van der Waals surface area contributed by atoms with Crippen LogP contribution in [0, 0.1) is 0 Å². The number of carbonyl (C=O) groups excluding carboxylic acids is 1. The van der Waals surface area contributed by atoms with Gasteiger partial charge in [-0.15, -0.1) is 11.3 Å². The van der Waals surface area contributed by atoms with Crippen molar-refractivity contribution in [3.05, 3.63) is 38.8 Å². The molecule has 0 bridgehead atoms. The van der Waals surface area contributed by atoms with Crippen molar-refractivity contribution < 1.29 is 13.2 Å². The van der Waals surface area contributed by atoms with E-state index in [0.717, 1.165) is 10.6 Å². The fraction of sp³-hybridized carbons (Fsp3) is 0.438. The molecule has 1 aliphatic rings. The van der Waals surface area contributed by atoms with Crippen LogP contribution in [0.15, 0.2) is 33.3 Å². The van der Waals surface area contributed by atoms with Gasteiger partial charge in [0.05, 0.1) is 22.5 Å². The van der Waals surface area contributed by atoms with Crippen LogP contribution in [0.4, 0.5) is 0 Å². The van der Waals surface area contributed by atoms with Crippen LogP contribution in [0.3, 0.4) is 0 Å². The number of thioether (sulfide) groups is 1. The summed E-state index contributed by atoms with van der Waals surface area (Å²) in [5.74, 6) is 0.652. The highest BCUT2D eigenvalue weighted by atomic mass is 79.9. The third-order valence-corrected chi connectivity index (χ3v) is 7.95. The van der Waals surface area contributed by atoms with Crippen LogP contribution in [-0.2, 0) is 16.4 Å². The third kappa shape index (κ3) is 4.65. The number of thiophene rings is 1. The topological polar surface area (TPSA) is 80.2 Å². The highest BCUT2D eigenvalue weighted by Gasteiger charge is 2.36. The molecular weight excluding hydrogens is 458 g/mol. The molecule has 3 rings (SSSR count). The Balaban J connectivity index is 1.93. The molecule has 1 saturated heterocycles. The molecule has 0 radical (unpaired) electrons. The summed E-state index contributed by atoms with van der Waals surface area (Å²) in [7, 11) is -3.10. The van der Waals surface area contributed by atoms with Gasteiger partial charge in [-0.3, -0.25) is 4.79 Å². The van der Waals surface area contributed by atoms with E-state index in [1.165, 1.54) is 11.8 Å². The molecule has 0 aromatic carbocycles. The molecule has 2 aromatic rings. The van der Waals surface area contributed by atoms with Crippen molar-refractivity contribution in [3.63, 3.8) is 0 Å². The van der Waals surface area contributed by atoms with Gasteiger partial charge in [0.15, 0.2) is 15.0 Å². The van der Waals surface area contributed by atoms with Crippen LogP contribution in [0.1, 0.15) is 28.7 Å². The number of halogens is 1. The molecule has 140 valence electrons. The molecule has 1 amide bonds. The van der Waals surface area contributed by atoms with E-state index < -0.39 is 9.84 Å². The number of aromatic nitrogens is 2. The zero-order valence-corrected chi connectivity index (χ0v) is 18.1. The molecule has 0 aliphatic carbocycles. The average molecular weight is 476 g/mol. The monoisotopic (exact) mass is 475 g/mol. The van der Waals surface area contributed by atoms with Gasteiger partial charge >= 0.3 is 0 Å². The first-order valence-corrected chi connectivity index (χ1v) is 12.6. The van der Waals surface area contributed by atoms with E-state index in [9.17, 15) is 13.2 Å². The molecule has 1 fully saturated rings.